The molecule has 5 aromatic rings. The summed E-state index contributed by atoms with van der Waals surface area (Å²) >= 11 is 0. The summed E-state index contributed by atoms with van der Waals surface area (Å²) in [5.41, 5.74) is 9.06. The maximum Gasteiger partial charge on any atom is 4.00 e. The number of methoxy groups -OCH3 is 1. The summed E-state index contributed by atoms with van der Waals surface area (Å²) in [6, 6.07) is 41.8. The van der Waals surface area contributed by atoms with E-state index in [1.54, 1.807) is 7.11 Å². The Morgan fingerprint density at radius 1 is 0.667 bits per heavy atom. The smallest absolute Gasteiger partial charge is 0.496 e. The Kier molecular flexibility index (Phi) is 15.7. The molecule has 1 unspecified atom stereocenters. The van der Waals surface area contributed by atoms with Crippen molar-refractivity contribution in [1.82, 2.24) is 5.32 Å². The number of rotatable bonds is 3. The van der Waals surface area contributed by atoms with Crippen molar-refractivity contribution in [3.8, 4) is 5.75 Å². The number of hydrogen-bond donors (Lipinski definition) is 1. The van der Waals surface area contributed by atoms with Gasteiger partial charge in [0.1, 0.15) is 5.75 Å². The molecule has 1 atom stereocenters. The van der Waals surface area contributed by atoms with Crippen molar-refractivity contribution in [1.29, 1.82) is 0 Å². The van der Waals surface area contributed by atoms with Crippen LogP contribution in [0.4, 0.5) is 5.69 Å². The van der Waals surface area contributed by atoms with Gasteiger partial charge in [-0.05, 0) is 56.1 Å². The van der Waals surface area contributed by atoms with Crippen LogP contribution in [0.1, 0.15) is 45.0 Å². The zero-order chi connectivity index (χ0) is 31.9. The molecule has 4 nitrogen and oxygen atoms in total. The molecule has 0 spiro atoms. The van der Waals surface area contributed by atoms with E-state index in [4.69, 9.17) is 4.74 Å². The number of para-hydroxylation sites is 2. The van der Waals surface area contributed by atoms with E-state index in [1.807, 2.05) is 120 Å². The van der Waals surface area contributed by atoms with Gasteiger partial charge in [0.2, 0.25) is 0 Å². The second-order valence-electron chi connectivity index (χ2n) is 10.5. The summed E-state index contributed by atoms with van der Waals surface area (Å²) in [5, 5.41) is 13.5. The number of ether oxygens (including phenoxy) is 1. The van der Waals surface area contributed by atoms with Gasteiger partial charge in [0, 0.05) is 17.7 Å². The van der Waals surface area contributed by atoms with E-state index in [-0.39, 0.29) is 38.2 Å². The van der Waals surface area contributed by atoms with E-state index in [9.17, 15) is 5.41 Å². The van der Waals surface area contributed by atoms with Crippen LogP contribution < -0.4 is 15.0 Å². The third-order valence-electron chi connectivity index (χ3n) is 6.94. The number of hydrogen-bond acceptors (Lipinski definition) is 1. The topological polar surface area (TPSA) is 46.8 Å². The van der Waals surface area contributed by atoms with Crippen LogP contribution in [0.25, 0.3) is 5.41 Å². The fourth-order valence-electron chi connectivity index (χ4n) is 5.00. The van der Waals surface area contributed by atoms with Crippen LogP contribution in [-0.4, -0.2) is 19.6 Å². The summed E-state index contributed by atoms with van der Waals surface area (Å²) in [7, 11) is 1.65. The summed E-state index contributed by atoms with van der Waals surface area (Å²) in [5.74, 6) is 0.911. The first-order chi connectivity index (χ1) is 21.2. The van der Waals surface area contributed by atoms with Crippen LogP contribution in [0.3, 0.4) is 0 Å². The monoisotopic (exact) mass is 671 g/mol. The van der Waals surface area contributed by atoms with E-state index in [0.29, 0.717) is 6.54 Å². The van der Waals surface area contributed by atoms with Gasteiger partial charge in [-0.15, -0.1) is 36.4 Å². The molecule has 0 radical (unpaired) electrons. The molecule has 228 valence electrons. The SMILES string of the molecule is COc1ccccc1N1C(=[N-])NCC1c1c(C)cc(C)cc1C.[CH2-]c1ccccc1.[CH2-]c1ccccc1.[CH2-]c1ccccc1.[Zr+4]. The molecule has 0 saturated carbocycles. The van der Waals surface area contributed by atoms with Gasteiger partial charge in [0.25, 0.3) is 0 Å². The molecule has 1 saturated heterocycles. The number of nitrogens with one attached hydrogen (secondary N) is 1. The van der Waals surface area contributed by atoms with Crippen molar-refractivity contribution >= 4 is 11.6 Å². The van der Waals surface area contributed by atoms with Gasteiger partial charge in [-0.1, -0.05) is 48.0 Å². The minimum Gasteiger partial charge on any atom is -0.496 e. The maximum absolute atomic E-state index is 10.4. The van der Waals surface area contributed by atoms with E-state index in [2.05, 4.69) is 59.0 Å². The molecule has 0 amide bonds. The molecule has 6 rings (SSSR count). The fraction of sp³-hybridized carbons (Fsp3) is 0.150. The van der Waals surface area contributed by atoms with Crippen molar-refractivity contribution in [2.75, 3.05) is 18.6 Å². The van der Waals surface area contributed by atoms with Gasteiger partial charge >= 0.3 is 26.2 Å². The average Bonchev–Trinajstić information content (AvgIpc) is 3.39. The Balaban J connectivity index is 0.000000259. The molecule has 0 bridgehead atoms. The zero-order valence-electron chi connectivity index (χ0n) is 26.8. The first-order valence-electron chi connectivity index (χ1n) is 14.6. The Hall–Kier alpha value is -4.34. The molecule has 45 heavy (non-hydrogen) atoms. The molecule has 5 heteroatoms. The minimum absolute atomic E-state index is 0. The quantitative estimate of drug-likeness (QED) is 0.194. The Morgan fingerprint density at radius 3 is 1.44 bits per heavy atom. The molecular formula is C40H43N3OZr. The fourth-order valence-corrected chi connectivity index (χ4v) is 5.00. The number of nitrogens with zero attached hydrogens (tertiary/aromatic N) is 2. The molecule has 0 aromatic heterocycles. The second-order valence-corrected chi connectivity index (χ2v) is 10.5. The van der Waals surface area contributed by atoms with Crippen LogP contribution in [0.2, 0.25) is 0 Å². The molecule has 0 aliphatic carbocycles. The largest absolute Gasteiger partial charge is 4.00 e. The minimum atomic E-state index is 0. The summed E-state index contributed by atoms with van der Waals surface area (Å²) in [4.78, 5) is 1.92. The van der Waals surface area contributed by atoms with Gasteiger partial charge in [0.05, 0.1) is 7.11 Å². The summed E-state index contributed by atoms with van der Waals surface area (Å²) in [6.07, 6.45) is 0. The van der Waals surface area contributed by atoms with Crippen molar-refractivity contribution in [2.45, 2.75) is 26.8 Å². The summed E-state index contributed by atoms with van der Waals surface area (Å²) in [6.45, 7) is 18.2. The standard InChI is InChI=1S/C19H22N3O.3C7H7.Zr/c1-12-9-13(2)18(14(3)10-12)16-11-21-19(20)22(16)15-7-5-6-8-17(15)23-4;3*1-7-5-3-2-4-6-7;/h5-10,16H,11H2,1-4H3,(H-,20,21);3*2-6H,1H2;/q4*-1;+4. The molecule has 1 fully saturated rings. The van der Waals surface area contributed by atoms with Gasteiger partial charge in [-0.25, -0.2) is 0 Å². The van der Waals surface area contributed by atoms with Gasteiger partial charge in [-0.2, -0.15) is 73.9 Å². The van der Waals surface area contributed by atoms with E-state index in [1.165, 1.54) is 22.3 Å². The van der Waals surface area contributed by atoms with Crippen LogP contribution in [0, 0.1) is 41.5 Å². The van der Waals surface area contributed by atoms with Crippen LogP contribution in [0.5, 0.6) is 5.75 Å². The van der Waals surface area contributed by atoms with Gasteiger partial charge in [0.15, 0.2) is 0 Å². The third-order valence-corrected chi connectivity index (χ3v) is 6.94. The zero-order valence-corrected chi connectivity index (χ0v) is 29.3. The Morgan fingerprint density at radius 2 is 1.07 bits per heavy atom. The van der Waals surface area contributed by atoms with Gasteiger partial charge < -0.3 is 20.4 Å². The predicted molar refractivity (Wildman–Crippen MR) is 188 cm³/mol. The third kappa shape index (κ3) is 11.6. The van der Waals surface area contributed by atoms with Crippen LogP contribution in [-0.2, 0) is 26.2 Å². The van der Waals surface area contributed by atoms with E-state index < -0.39 is 0 Å². The molecule has 1 aliphatic rings. The first kappa shape index (κ1) is 36.9. The molecule has 1 heterocycles. The molecule has 5 aromatic carbocycles. The van der Waals surface area contributed by atoms with Crippen molar-refractivity contribution in [3.63, 3.8) is 0 Å². The van der Waals surface area contributed by atoms with Crippen LogP contribution in [0.15, 0.2) is 127 Å². The van der Waals surface area contributed by atoms with E-state index in [0.717, 1.165) is 28.1 Å². The van der Waals surface area contributed by atoms with Crippen molar-refractivity contribution in [2.24, 2.45) is 0 Å². The molecule has 1 aliphatic heterocycles. The van der Waals surface area contributed by atoms with Crippen LogP contribution >= 0.6 is 0 Å². The average molecular weight is 673 g/mol. The molecular weight excluding hydrogens is 630 g/mol. The van der Waals surface area contributed by atoms with E-state index >= 15 is 0 Å². The van der Waals surface area contributed by atoms with Crippen molar-refractivity contribution < 1.29 is 30.9 Å². The number of guanidine groups is 1. The maximum atomic E-state index is 10.4. The summed E-state index contributed by atoms with van der Waals surface area (Å²) < 4.78 is 5.48. The Labute approximate surface area is 290 Å². The Bertz CT molecular complexity index is 1460. The number of aryl methyl sites for hydroxylation is 3. The molecule has 1 N–H and O–H groups in total. The first-order valence-corrected chi connectivity index (χ1v) is 14.6. The normalized spacial score (nSPS) is 12.8. The number of anilines is 1. The predicted octanol–water partition coefficient (Wildman–Crippen LogP) is 9.30. The van der Waals surface area contributed by atoms with Crippen molar-refractivity contribution in [3.05, 3.63) is 193 Å². The number of benzene rings is 5. The second kappa shape index (κ2) is 19.1. The van der Waals surface area contributed by atoms with Gasteiger partial charge in [-0.3, -0.25) is 0 Å².